The molecule has 0 fully saturated rings. The van der Waals surface area contributed by atoms with Crippen molar-refractivity contribution < 1.29 is 22.8 Å². The first kappa shape index (κ1) is 15.5. The van der Waals surface area contributed by atoms with Gasteiger partial charge in [0, 0.05) is 25.2 Å². The van der Waals surface area contributed by atoms with Gasteiger partial charge in [0.2, 0.25) is 15.8 Å². The van der Waals surface area contributed by atoms with Crippen LogP contribution in [-0.4, -0.2) is 42.4 Å². The lowest BCUT2D eigenvalue weighted by Gasteiger charge is -2.22. The van der Waals surface area contributed by atoms with Crippen LogP contribution >= 0.6 is 0 Å². The second-order valence-corrected chi connectivity index (χ2v) is 5.92. The van der Waals surface area contributed by atoms with Crippen LogP contribution in [0.25, 0.3) is 0 Å². The first-order chi connectivity index (χ1) is 8.71. The summed E-state index contributed by atoms with van der Waals surface area (Å²) in [5.74, 6) is -1.23. The molecule has 0 bridgehead atoms. The van der Waals surface area contributed by atoms with Crippen LogP contribution in [0.4, 0.5) is 10.1 Å². The van der Waals surface area contributed by atoms with E-state index in [1.54, 1.807) is 0 Å². The van der Waals surface area contributed by atoms with Crippen LogP contribution in [0.15, 0.2) is 23.1 Å². The predicted molar refractivity (Wildman–Crippen MR) is 64.6 cm³/mol. The van der Waals surface area contributed by atoms with Crippen molar-refractivity contribution in [3.63, 3.8) is 0 Å². The molecule has 1 aromatic rings. The van der Waals surface area contributed by atoms with Crippen molar-refractivity contribution in [1.82, 2.24) is 4.31 Å². The Morgan fingerprint density at radius 1 is 1.53 bits per heavy atom. The van der Waals surface area contributed by atoms with Crippen molar-refractivity contribution in [3.8, 4) is 0 Å². The summed E-state index contributed by atoms with van der Waals surface area (Å²) in [4.78, 5) is 9.10. The van der Waals surface area contributed by atoms with Gasteiger partial charge < -0.3 is 5.11 Å². The number of hydrogen-bond acceptors (Lipinski definition) is 5. The van der Waals surface area contributed by atoms with Gasteiger partial charge in [-0.1, -0.05) is 0 Å². The fraction of sp³-hybridized carbons (Fsp3) is 0.400. The molecule has 9 heteroatoms. The molecule has 1 aromatic carbocycles. The highest BCUT2D eigenvalue weighted by atomic mass is 32.2. The Kier molecular flexibility index (Phi) is 4.56. The topological polar surface area (TPSA) is 101 Å². The normalized spacial score (nSPS) is 13.5. The zero-order chi connectivity index (χ0) is 14.8. The van der Waals surface area contributed by atoms with Gasteiger partial charge in [0.15, 0.2) is 0 Å². The Balaban J connectivity index is 3.24. The van der Waals surface area contributed by atoms with E-state index in [1.807, 2.05) is 0 Å². The van der Waals surface area contributed by atoms with Gasteiger partial charge in [-0.2, -0.15) is 8.70 Å². The van der Waals surface area contributed by atoms with Crippen LogP contribution in [-0.2, 0) is 10.0 Å². The number of nitro benzene ring substituents is 1. The lowest BCUT2D eigenvalue weighted by Crippen LogP contribution is -2.37. The van der Waals surface area contributed by atoms with Crippen molar-refractivity contribution in [2.45, 2.75) is 17.9 Å². The number of halogens is 1. The second-order valence-electron chi connectivity index (χ2n) is 3.92. The molecule has 106 valence electrons. The molecule has 0 aliphatic heterocycles. The number of nitro groups is 1. The first-order valence-electron chi connectivity index (χ1n) is 5.24. The third-order valence-corrected chi connectivity index (χ3v) is 4.65. The van der Waals surface area contributed by atoms with Gasteiger partial charge in [-0.3, -0.25) is 10.1 Å². The average Bonchev–Trinajstić information content (AvgIpc) is 2.36. The Hall–Kier alpha value is -1.58. The number of nitrogens with zero attached hydrogens (tertiary/aromatic N) is 2. The van der Waals surface area contributed by atoms with Gasteiger partial charge >= 0.3 is 5.69 Å². The van der Waals surface area contributed by atoms with Crippen molar-refractivity contribution in [1.29, 1.82) is 0 Å². The molecule has 0 aliphatic rings. The van der Waals surface area contributed by atoms with E-state index in [-0.39, 0.29) is 0 Å². The molecule has 1 unspecified atom stereocenters. The molecule has 0 aromatic heterocycles. The lowest BCUT2D eigenvalue weighted by atomic mass is 10.3. The molecule has 0 spiro atoms. The van der Waals surface area contributed by atoms with Gasteiger partial charge in [-0.15, -0.1) is 0 Å². The number of likely N-dealkylation sites (N-methyl/N-ethyl adjacent to an activating group) is 1. The number of aliphatic hydroxyl groups is 1. The maximum atomic E-state index is 13.4. The first-order valence-corrected chi connectivity index (χ1v) is 6.68. The zero-order valence-electron chi connectivity index (χ0n) is 10.3. The third kappa shape index (κ3) is 3.06. The second kappa shape index (κ2) is 5.59. The molecular formula is C10H13FN2O5S. The maximum absolute atomic E-state index is 13.4. The smallest absolute Gasteiger partial charge is 0.304 e. The lowest BCUT2D eigenvalue weighted by molar-refractivity contribution is -0.387. The zero-order valence-corrected chi connectivity index (χ0v) is 11.1. The van der Waals surface area contributed by atoms with Gasteiger partial charge in [-0.25, -0.2) is 8.42 Å². The Morgan fingerprint density at radius 3 is 2.53 bits per heavy atom. The van der Waals surface area contributed by atoms with Crippen LogP contribution in [0.2, 0.25) is 0 Å². The van der Waals surface area contributed by atoms with Crippen LogP contribution in [0, 0.1) is 15.9 Å². The third-order valence-electron chi connectivity index (χ3n) is 2.68. The molecule has 1 rings (SSSR count). The molecule has 19 heavy (non-hydrogen) atoms. The summed E-state index contributed by atoms with van der Waals surface area (Å²) in [7, 11) is -2.77. The van der Waals surface area contributed by atoms with Crippen molar-refractivity contribution >= 4 is 15.7 Å². The molecule has 0 saturated carbocycles. The molecule has 0 aliphatic carbocycles. The highest BCUT2D eigenvalue weighted by Gasteiger charge is 2.27. The molecule has 7 nitrogen and oxygen atoms in total. The van der Waals surface area contributed by atoms with E-state index in [0.717, 1.165) is 16.4 Å². The Bertz CT molecular complexity index is 590. The number of sulfonamides is 1. The van der Waals surface area contributed by atoms with Crippen molar-refractivity contribution in [3.05, 3.63) is 34.1 Å². The van der Waals surface area contributed by atoms with E-state index in [0.29, 0.717) is 6.07 Å². The summed E-state index contributed by atoms with van der Waals surface area (Å²) in [6.07, 6.45) is 0. The maximum Gasteiger partial charge on any atom is 0.304 e. The minimum Gasteiger partial charge on any atom is -0.395 e. The van der Waals surface area contributed by atoms with Gasteiger partial charge in [0.1, 0.15) is 0 Å². The minimum atomic E-state index is -4.00. The monoisotopic (exact) mass is 292 g/mol. The minimum absolute atomic E-state index is 0.398. The number of aliphatic hydroxyl groups excluding tert-OH is 1. The summed E-state index contributed by atoms with van der Waals surface area (Å²) in [5.41, 5.74) is -0.795. The SMILES string of the molecule is CC(CO)N(C)S(=O)(=O)c1ccc([N+](=O)[O-])c(F)c1. The van der Waals surface area contributed by atoms with Crippen molar-refractivity contribution in [2.24, 2.45) is 0 Å². The van der Waals surface area contributed by atoms with E-state index in [2.05, 4.69) is 0 Å². The summed E-state index contributed by atoms with van der Waals surface area (Å²) in [6, 6.07) is 1.65. The molecule has 1 N–H and O–H groups in total. The molecule has 0 amide bonds. The van der Waals surface area contributed by atoms with Gasteiger partial charge in [-0.05, 0) is 13.0 Å². The average molecular weight is 292 g/mol. The summed E-state index contributed by atoms with van der Waals surface area (Å²) < 4.78 is 38.4. The van der Waals surface area contributed by atoms with Crippen molar-refractivity contribution in [2.75, 3.05) is 13.7 Å². The van der Waals surface area contributed by atoms with Crippen LogP contribution < -0.4 is 0 Å². The highest BCUT2D eigenvalue weighted by Crippen LogP contribution is 2.23. The quantitative estimate of drug-likeness (QED) is 0.637. The van der Waals surface area contributed by atoms with E-state index in [1.165, 1.54) is 14.0 Å². The van der Waals surface area contributed by atoms with Crippen LogP contribution in [0.1, 0.15) is 6.92 Å². The summed E-state index contributed by atoms with van der Waals surface area (Å²) in [6.45, 7) is 1.07. The van der Waals surface area contributed by atoms with Gasteiger partial charge in [0.25, 0.3) is 0 Å². The highest BCUT2D eigenvalue weighted by molar-refractivity contribution is 7.89. The number of benzene rings is 1. The molecule has 0 heterocycles. The molecule has 0 saturated heterocycles. The van der Waals surface area contributed by atoms with Gasteiger partial charge in [0.05, 0.1) is 16.4 Å². The fourth-order valence-electron chi connectivity index (χ4n) is 1.31. The Labute approximate surface area is 109 Å². The fourth-order valence-corrected chi connectivity index (χ4v) is 2.68. The number of rotatable bonds is 5. The standard InChI is InChI=1S/C10H13FN2O5S/c1-7(6-14)12(2)19(17,18)8-3-4-10(13(15)16)9(11)5-8/h3-5,7,14H,6H2,1-2H3. The summed E-state index contributed by atoms with van der Waals surface area (Å²) in [5, 5.41) is 19.4. The largest absolute Gasteiger partial charge is 0.395 e. The molecule has 1 atom stereocenters. The van der Waals surface area contributed by atoms with Crippen LogP contribution in [0.3, 0.4) is 0 Å². The van der Waals surface area contributed by atoms with E-state index < -0.39 is 44.0 Å². The van der Waals surface area contributed by atoms with E-state index in [9.17, 15) is 22.9 Å². The van der Waals surface area contributed by atoms with Crippen LogP contribution in [0.5, 0.6) is 0 Å². The molecular weight excluding hydrogens is 279 g/mol. The molecule has 0 radical (unpaired) electrons. The van der Waals surface area contributed by atoms with E-state index in [4.69, 9.17) is 5.11 Å². The Morgan fingerprint density at radius 2 is 2.11 bits per heavy atom. The number of hydrogen-bond donors (Lipinski definition) is 1. The van der Waals surface area contributed by atoms with E-state index >= 15 is 0 Å². The predicted octanol–water partition coefficient (Wildman–Crippen LogP) is 0.735. The summed E-state index contributed by atoms with van der Waals surface area (Å²) >= 11 is 0.